The highest BCUT2D eigenvalue weighted by Crippen LogP contribution is 2.23. The maximum atomic E-state index is 6.05. The van der Waals surface area contributed by atoms with Crippen molar-refractivity contribution in [1.82, 2.24) is 15.1 Å². The molecule has 1 N–H and O–H groups in total. The minimum Gasteiger partial charge on any atom is -0.381 e. The molecule has 2 fully saturated rings. The van der Waals surface area contributed by atoms with Gasteiger partial charge in [0.25, 0.3) is 0 Å². The average molecular weight is 571 g/mol. The van der Waals surface area contributed by atoms with Crippen LogP contribution in [-0.4, -0.2) is 81.5 Å². The van der Waals surface area contributed by atoms with Gasteiger partial charge in [0.1, 0.15) is 0 Å². The van der Waals surface area contributed by atoms with Gasteiger partial charge in [-0.2, -0.15) is 0 Å². The van der Waals surface area contributed by atoms with E-state index in [2.05, 4.69) is 28.1 Å². The van der Waals surface area contributed by atoms with E-state index in [0.717, 1.165) is 102 Å². The highest BCUT2D eigenvalue weighted by atomic mass is 127. The molecule has 0 aliphatic carbocycles. The number of aliphatic imine (C=N–C) groups is 1. The van der Waals surface area contributed by atoms with Crippen LogP contribution >= 0.6 is 46.9 Å². The molecule has 0 aromatic carbocycles. The number of hydrogen-bond donors (Lipinski definition) is 1. The summed E-state index contributed by atoms with van der Waals surface area (Å²) >= 11 is 7.73. The predicted molar refractivity (Wildman–Crippen MR) is 137 cm³/mol. The lowest BCUT2D eigenvalue weighted by Crippen LogP contribution is -2.52. The zero-order chi connectivity index (χ0) is 20.3. The molecule has 30 heavy (non-hydrogen) atoms. The van der Waals surface area contributed by atoms with Crippen molar-refractivity contribution in [2.45, 2.75) is 32.7 Å². The van der Waals surface area contributed by atoms with E-state index < -0.39 is 0 Å². The van der Waals surface area contributed by atoms with E-state index in [-0.39, 0.29) is 24.0 Å². The van der Waals surface area contributed by atoms with Gasteiger partial charge in [-0.05, 0) is 44.2 Å². The lowest BCUT2D eigenvalue weighted by molar-refractivity contribution is 0.0205. The summed E-state index contributed by atoms with van der Waals surface area (Å²) in [6.45, 7) is 12.4. The highest BCUT2D eigenvalue weighted by molar-refractivity contribution is 14.0. The second-order valence-electron chi connectivity index (χ2n) is 7.69. The molecular formula is C21H36ClIN4O2S. The van der Waals surface area contributed by atoms with Gasteiger partial charge in [0.2, 0.25) is 0 Å². The van der Waals surface area contributed by atoms with E-state index in [1.54, 1.807) is 11.3 Å². The number of hydrogen-bond acceptors (Lipinski definition) is 5. The second-order valence-corrected chi connectivity index (χ2v) is 9.49. The standard InChI is InChI=1S/C21H35ClN4O2S.HI/c1-2-23-21(24-8-3-13-28-17-18-6-14-27-15-7-18)26-11-9-25(10-12-26)16-19-4-5-20(22)29-19;/h4-5,18H,2-3,6-17H2,1H3,(H,23,24);1H. The fraction of sp³-hybridized carbons (Fsp3) is 0.762. The molecule has 0 amide bonds. The number of piperazine rings is 1. The highest BCUT2D eigenvalue weighted by Gasteiger charge is 2.20. The zero-order valence-electron chi connectivity index (χ0n) is 18.0. The fourth-order valence-corrected chi connectivity index (χ4v) is 4.85. The fourth-order valence-electron chi connectivity index (χ4n) is 3.72. The predicted octanol–water partition coefficient (Wildman–Crippen LogP) is 3.94. The molecule has 2 aliphatic rings. The smallest absolute Gasteiger partial charge is 0.194 e. The van der Waals surface area contributed by atoms with Gasteiger partial charge >= 0.3 is 0 Å². The monoisotopic (exact) mass is 570 g/mol. The van der Waals surface area contributed by atoms with E-state index in [1.807, 2.05) is 6.07 Å². The molecule has 172 valence electrons. The molecule has 0 unspecified atom stereocenters. The first-order chi connectivity index (χ1) is 14.2. The molecule has 1 aromatic rings. The minimum atomic E-state index is 0. The molecule has 1 aromatic heterocycles. The Morgan fingerprint density at radius 3 is 2.70 bits per heavy atom. The largest absolute Gasteiger partial charge is 0.381 e. The Kier molecular flexibility index (Phi) is 12.9. The van der Waals surface area contributed by atoms with Crippen molar-refractivity contribution in [3.63, 3.8) is 0 Å². The van der Waals surface area contributed by atoms with Gasteiger partial charge in [0.05, 0.1) is 4.34 Å². The van der Waals surface area contributed by atoms with Crippen LogP contribution in [0, 0.1) is 5.92 Å². The Balaban J connectivity index is 0.00000320. The van der Waals surface area contributed by atoms with Gasteiger partial charge in [0.15, 0.2) is 5.96 Å². The van der Waals surface area contributed by atoms with Crippen molar-refractivity contribution in [2.24, 2.45) is 10.9 Å². The normalized spacial score (nSPS) is 19.0. The van der Waals surface area contributed by atoms with Crippen LogP contribution in [0.3, 0.4) is 0 Å². The molecule has 0 spiro atoms. The van der Waals surface area contributed by atoms with E-state index >= 15 is 0 Å². The van der Waals surface area contributed by atoms with Gasteiger partial charge in [-0.25, -0.2) is 0 Å². The third-order valence-electron chi connectivity index (χ3n) is 5.42. The SMILES string of the molecule is CCNC(=NCCCOCC1CCOCC1)N1CCN(Cc2ccc(Cl)s2)CC1.I. The first-order valence-corrected chi connectivity index (χ1v) is 12.1. The Bertz CT molecular complexity index is 620. The Morgan fingerprint density at radius 1 is 1.27 bits per heavy atom. The molecule has 2 saturated heterocycles. The van der Waals surface area contributed by atoms with Crippen LogP contribution in [0.5, 0.6) is 0 Å². The van der Waals surface area contributed by atoms with E-state index in [9.17, 15) is 0 Å². The van der Waals surface area contributed by atoms with Crippen LogP contribution in [-0.2, 0) is 16.0 Å². The van der Waals surface area contributed by atoms with Crippen molar-refractivity contribution in [1.29, 1.82) is 0 Å². The van der Waals surface area contributed by atoms with Crippen molar-refractivity contribution < 1.29 is 9.47 Å². The van der Waals surface area contributed by atoms with Gasteiger partial charge < -0.3 is 19.7 Å². The van der Waals surface area contributed by atoms with Crippen LogP contribution in [0.2, 0.25) is 4.34 Å². The number of thiophene rings is 1. The topological polar surface area (TPSA) is 49.3 Å². The quantitative estimate of drug-likeness (QED) is 0.211. The maximum absolute atomic E-state index is 6.05. The van der Waals surface area contributed by atoms with Gasteiger partial charge in [-0.3, -0.25) is 9.89 Å². The Hall–Kier alpha value is -0.130. The van der Waals surface area contributed by atoms with Crippen LogP contribution in [0.4, 0.5) is 0 Å². The molecule has 0 bridgehead atoms. The molecule has 0 radical (unpaired) electrons. The first-order valence-electron chi connectivity index (χ1n) is 10.9. The summed E-state index contributed by atoms with van der Waals surface area (Å²) in [4.78, 5) is 11.0. The molecule has 2 aliphatic heterocycles. The lowest BCUT2D eigenvalue weighted by Gasteiger charge is -2.36. The van der Waals surface area contributed by atoms with Crippen molar-refractivity contribution in [3.8, 4) is 0 Å². The summed E-state index contributed by atoms with van der Waals surface area (Å²) in [5.41, 5.74) is 0. The summed E-state index contributed by atoms with van der Waals surface area (Å²) < 4.78 is 12.1. The molecule has 9 heteroatoms. The van der Waals surface area contributed by atoms with E-state index in [0.29, 0.717) is 5.92 Å². The lowest BCUT2D eigenvalue weighted by atomic mass is 10.0. The summed E-state index contributed by atoms with van der Waals surface area (Å²) in [5, 5.41) is 3.45. The molecular weight excluding hydrogens is 535 g/mol. The van der Waals surface area contributed by atoms with Crippen LogP contribution in [0.1, 0.15) is 31.1 Å². The first kappa shape index (κ1) is 26.1. The number of ether oxygens (including phenoxy) is 2. The van der Waals surface area contributed by atoms with E-state index in [1.165, 1.54) is 4.88 Å². The zero-order valence-corrected chi connectivity index (χ0v) is 21.9. The number of guanidine groups is 1. The molecule has 6 nitrogen and oxygen atoms in total. The van der Waals surface area contributed by atoms with Crippen LogP contribution < -0.4 is 5.32 Å². The Labute approximate surface area is 207 Å². The third-order valence-corrected chi connectivity index (χ3v) is 6.63. The summed E-state index contributed by atoms with van der Waals surface area (Å²) in [7, 11) is 0. The molecule has 0 atom stereocenters. The van der Waals surface area contributed by atoms with Crippen LogP contribution in [0.25, 0.3) is 0 Å². The molecule has 0 saturated carbocycles. The molecule has 3 heterocycles. The number of halogens is 2. The third kappa shape index (κ3) is 9.16. The van der Waals surface area contributed by atoms with Gasteiger partial charge in [0, 0.05) is 77.1 Å². The minimum absolute atomic E-state index is 0. The van der Waals surface area contributed by atoms with Crippen molar-refractivity contribution in [2.75, 3.05) is 65.7 Å². The van der Waals surface area contributed by atoms with Crippen molar-refractivity contribution in [3.05, 3.63) is 21.3 Å². The Morgan fingerprint density at radius 2 is 2.03 bits per heavy atom. The summed E-state index contributed by atoms with van der Waals surface area (Å²) in [6.07, 6.45) is 3.24. The van der Waals surface area contributed by atoms with Crippen molar-refractivity contribution >= 4 is 52.9 Å². The summed E-state index contributed by atoms with van der Waals surface area (Å²) in [6, 6.07) is 4.12. The maximum Gasteiger partial charge on any atom is 0.194 e. The van der Waals surface area contributed by atoms with Gasteiger partial charge in [-0.15, -0.1) is 35.3 Å². The molecule has 3 rings (SSSR count). The number of nitrogens with zero attached hydrogens (tertiary/aromatic N) is 3. The average Bonchev–Trinajstić information content (AvgIpc) is 3.15. The van der Waals surface area contributed by atoms with E-state index in [4.69, 9.17) is 26.1 Å². The van der Waals surface area contributed by atoms with Crippen LogP contribution in [0.15, 0.2) is 17.1 Å². The summed E-state index contributed by atoms with van der Waals surface area (Å²) in [5.74, 6) is 1.71. The van der Waals surface area contributed by atoms with Gasteiger partial charge in [-0.1, -0.05) is 11.6 Å². The number of rotatable bonds is 9. The second kappa shape index (κ2) is 14.8. The number of nitrogens with one attached hydrogen (secondary N) is 1.